The van der Waals surface area contributed by atoms with Crippen molar-refractivity contribution in [3.05, 3.63) is 40.9 Å². The Morgan fingerprint density at radius 1 is 1.35 bits per heavy atom. The second-order valence-electron chi connectivity index (χ2n) is 5.76. The van der Waals surface area contributed by atoms with Crippen molar-refractivity contribution in [3.8, 4) is 5.75 Å². The molecule has 6 nitrogen and oxygen atoms in total. The predicted octanol–water partition coefficient (Wildman–Crippen LogP) is 3.94. The number of hydrogen-bond donors (Lipinski definition) is 1. The molecule has 1 aliphatic heterocycles. The summed E-state index contributed by atoms with van der Waals surface area (Å²) in [5, 5.41) is 8.79. The molecule has 1 aliphatic rings. The Morgan fingerprint density at radius 2 is 2.12 bits per heavy atom. The Labute approximate surface area is 168 Å². The van der Waals surface area contributed by atoms with Crippen LogP contribution >= 0.6 is 35.8 Å². The molecule has 26 heavy (non-hydrogen) atoms. The number of aromatic nitrogens is 3. The molecule has 2 aromatic rings. The minimum atomic E-state index is 0. The molecule has 1 fully saturated rings. The summed E-state index contributed by atoms with van der Waals surface area (Å²) in [6.07, 6.45) is 7.54. The van der Waals surface area contributed by atoms with E-state index in [9.17, 15) is 0 Å². The first-order valence-electron chi connectivity index (χ1n) is 8.12. The standard InChI is InChI=1S/C17H20ClN5OS.ClH/c1-11(23-24-13-5-8-20-15(18)9-13)14-10-21-17(25-2)22-16(14)12-3-6-19-7-4-12;/h5,8-10,12,19H,3-4,6-7H2,1-2H3;1H. The highest BCUT2D eigenvalue weighted by atomic mass is 35.5. The third-order valence-corrected chi connectivity index (χ3v) is 4.85. The average Bonchev–Trinajstić information content (AvgIpc) is 2.66. The molecule has 0 saturated carbocycles. The minimum Gasteiger partial charge on any atom is -0.357 e. The summed E-state index contributed by atoms with van der Waals surface area (Å²) in [6.45, 7) is 3.92. The first-order valence-corrected chi connectivity index (χ1v) is 9.73. The fourth-order valence-corrected chi connectivity index (χ4v) is 3.29. The van der Waals surface area contributed by atoms with Gasteiger partial charge in [-0.2, -0.15) is 0 Å². The predicted molar refractivity (Wildman–Crippen MR) is 108 cm³/mol. The number of nitrogens with one attached hydrogen (secondary N) is 1. The molecule has 3 heterocycles. The molecule has 0 amide bonds. The molecular weight excluding hydrogens is 393 g/mol. The van der Waals surface area contributed by atoms with Crippen LogP contribution < -0.4 is 10.2 Å². The zero-order chi connectivity index (χ0) is 17.6. The van der Waals surface area contributed by atoms with Crippen molar-refractivity contribution in [1.29, 1.82) is 0 Å². The van der Waals surface area contributed by atoms with Gasteiger partial charge >= 0.3 is 0 Å². The maximum absolute atomic E-state index is 5.87. The quantitative estimate of drug-likeness (QED) is 0.263. The largest absolute Gasteiger partial charge is 0.357 e. The molecule has 0 bridgehead atoms. The topological polar surface area (TPSA) is 72.3 Å². The molecule has 9 heteroatoms. The van der Waals surface area contributed by atoms with Gasteiger partial charge in [-0.15, -0.1) is 12.4 Å². The molecule has 0 spiro atoms. The second kappa shape index (κ2) is 10.1. The first kappa shape index (κ1) is 20.9. The zero-order valence-electron chi connectivity index (χ0n) is 14.6. The van der Waals surface area contributed by atoms with E-state index < -0.39 is 0 Å². The normalized spacial score (nSPS) is 15.4. The van der Waals surface area contributed by atoms with Crippen LogP contribution in [0.2, 0.25) is 5.15 Å². The third kappa shape index (κ3) is 5.30. The number of nitrogens with zero attached hydrogens (tertiary/aromatic N) is 4. The van der Waals surface area contributed by atoms with Crippen molar-refractivity contribution in [1.82, 2.24) is 20.3 Å². The summed E-state index contributed by atoms with van der Waals surface area (Å²) >= 11 is 7.42. The summed E-state index contributed by atoms with van der Waals surface area (Å²) in [7, 11) is 0. The van der Waals surface area contributed by atoms with Gasteiger partial charge in [0.2, 0.25) is 0 Å². The molecule has 0 radical (unpaired) electrons. The van der Waals surface area contributed by atoms with Gasteiger partial charge in [-0.05, 0) is 39.1 Å². The lowest BCUT2D eigenvalue weighted by molar-refractivity contribution is 0.340. The molecule has 0 aromatic carbocycles. The van der Waals surface area contributed by atoms with E-state index in [1.54, 1.807) is 30.1 Å². The van der Waals surface area contributed by atoms with E-state index in [1.807, 2.05) is 19.4 Å². The number of oxime groups is 1. The van der Waals surface area contributed by atoms with Gasteiger partial charge < -0.3 is 10.2 Å². The highest BCUT2D eigenvalue weighted by molar-refractivity contribution is 7.98. The number of piperidine rings is 1. The fraction of sp³-hybridized carbons (Fsp3) is 0.412. The lowest BCUT2D eigenvalue weighted by Gasteiger charge is -2.24. The number of hydrogen-bond acceptors (Lipinski definition) is 7. The Hall–Kier alpha value is -1.41. The van der Waals surface area contributed by atoms with Gasteiger partial charge in [-0.1, -0.05) is 28.5 Å². The van der Waals surface area contributed by atoms with Crippen molar-refractivity contribution in [2.45, 2.75) is 30.8 Å². The summed E-state index contributed by atoms with van der Waals surface area (Å²) < 4.78 is 0. The lowest BCUT2D eigenvalue weighted by Crippen LogP contribution is -2.28. The number of pyridine rings is 1. The molecule has 2 aromatic heterocycles. The van der Waals surface area contributed by atoms with E-state index in [0.29, 0.717) is 16.8 Å². The van der Waals surface area contributed by atoms with Gasteiger partial charge in [0.15, 0.2) is 10.9 Å². The van der Waals surface area contributed by atoms with Crippen LogP contribution in [-0.4, -0.2) is 40.0 Å². The third-order valence-electron chi connectivity index (χ3n) is 4.08. The molecule has 0 unspecified atom stereocenters. The highest BCUT2D eigenvalue weighted by Gasteiger charge is 2.22. The molecular formula is C17H21Cl2N5OS. The maximum Gasteiger partial charge on any atom is 0.187 e. The van der Waals surface area contributed by atoms with E-state index in [0.717, 1.165) is 48.1 Å². The average molecular weight is 414 g/mol. The van der Waals surface area contributed by atoms with Crippen LogP contribution in [0.4, 0.5) is 0 Å². The van der Waals surface area contributed by atoms with Crippen LogP contribution in [0, 0.1) is 0 Å². The van der Waals surface area contributed by atoms with E-state index in [-0.39, 0.29) is 12.4 Å². The van der Waals surface area contributed by atoms with E-state index >= 15 is 0 Å². The van der Waals surface area contributed by atoms with Crippen LogP contribution in [0.3, 0.4) is 0 Å². The van der Waals surface area contributed by atoms with Gasteiger partial charge in [-0.3, -0.25) is 0 Å². The maximum atomic E-state index is 5.87. The molecule has 140 valence electrons. The molecule has 3 rings (SSSR count). The van der Waals surface area contributed by atoms with Gasteiger partial charge in [0, 0.05) is 36.0 Å². The van der Waals surface area contributed by atoms with Gasteiger partial charge in [0.25, 0.3) is 0 Å². The van der Waals surface area contributed by atoms with E-state index in [1.165, 1.54) is 0 Å². The Balaban J connectivity index is 0.00000243. The number of thioether (sulfide) groups is 1. The lowest BCUT2D eigenvalue weighted by atomic mass is 9.91. The van der Waals surface area contributed by atoms with Crippen molar-refractivity contribution < 1.29 is 4.84 Å². The SMILES string of the molecule is CSc1ncc(C(C)=NOc2ccnc(Cl)c2)c(C2CCNCC2)n1.Cl. The van der Waals surface area contributed by atoms with Crippen LogP contribution in [0.5, 0.6) is 5.75 Å². The van der Waals surface area contributed by atoms with E-state index in [4.69, 9.17) is 21.4 Å². The second-order valence-corrected chi connectivity index (χ2v) is 6.92. The summed E-state index contributed by atoms with van der Waals surface area (Å²) in [4.78, 5) is 18.6. The van der Waals surface area contributed by atoms with Gasteiger partial charge in [0.05, 0.1) is 11.4 Å². The van der Waals surface area contributed by atoms with Crippen molar-refractivity contribution >= 4 is 41.5 Å². The summed E-state index contributed by atoms with van der Waals surface area (Å²) in [6, 6.07) is 3.34. The Bertz CT molecular complexity index is 769. The van der Waals surface area contributed by atoms with Crippen molar-refractivity contribution in [2.24, 2.45) is 5.16 Å². The number of rotatable bonds is 5. The van der Waals surface area contributed by atoms with E-state index in [2.05, 4.69) is 20.4 Å². The Morgan fingerprint density at radius 3 is 2.81 bits per heavy atom. The fourth-order valence-electron chi connectivity index (χ4n) is 2.77. The molecule has 0 aliphatic carbocycles. The molecule has 1 N–H and O–H groups in total. The smallest absolute Gasteiger partial charge is 0.187 e. The monoisotopic (exact) mass is 413 g/mol. The molecule has 0 atom stereocenters. The van der Waals surface area contributed by atoms with Crippen molar-refractivity contribution in [2.75, 3.05) is 19.3 Å². The molecule has 1 saturated heterocycles. The summed E-state index contributed by atoms with van der Waals surface area (Å²) in [5.41, 5.74) is 2.73. The summed E-state index contributed by atoms with van der Waals surface area (Å²) in [5.74, 6) is 0.954. The number of halogens is 2. The van der Waals surface area contributed by atoms with Crippen LogP contribution in [0.15, 0.2) is 34.8 Å². The zero-order valence-corrected chi connectivity index (χ0v) is 17.0. The van der Waals surface area contributed by atoms with Crippen LogP contribution in [0.1, 0.15) is 36.9 Å². The highest BCUT2D eigenvalue weighted by Crippen LogP contribution is 2.28. The Kier molecular flexibility index (Phi) is 8.09. The minimum absolute atomic E-state index is 0. The van der Waals surface area contributed by atoms with Gasteiger partial charge in [0.1, 0.15) is 5.15 Å². The van der Waals surface area contributed by atoms with Crippen molar-refractivity contribution in [3.63, 3.8) is 0 Å². The first-order chi connectivity index (χ1) is 12.2. The van der Waals surface area contributed by atoms with Crippen LogP contribution in [-0.2, 0) is 0 Å². The van der Waals surface area contributed by atoms with Crippen LogP contribution in [0.25, 0.3) is 0 Å². The van der Waals surface area contributed by atoms with Gasteiger partial charge in [-0.25, -0.2) is 15.0 Å².